The lowest BCUT2D eigenvalue weighted by molar-refractivity contribution is -0.137. The molecule has 4 nitrogen and oxygen atoms in total. The predicted octanol–water partition coefficient (Wildman–Crippen LogP) is 5.86. The van der Waals surface area contributed by atoms with E-state index in [1.807, 2.05) is 12.1 Å². The van der Waals surface area contributed by atoms with Crippen molar-refractivity contribution < 1.29 is 19.1 Å². The minimum atomic E-state index is -0.275. The van der Waals surface area contributed by atoms with Crippen LogP contribution in [-0.4, -0.2) is 11.9 Å². The molecule has 1 rings (SSSR count). The molecule has 0 saturated carbocycles. The topological polar surface area (TPSA) is 52.6 Å². The van der Waals surface area contributed by atoms with Crippen molar-refractivity contribution in [2.45, 2.75) is 85.5 Å². The Morgan fingerprint density at radius 3 is 2.00 bits per heavy atom. The monoisotopic (exact) mass is 362 g/mol. The average Bonchev–Trinajstić information content (AvgIpc) is 2.57. The summed E-state index contributed by atoms with van der Waals surface area (Å²) < 4.78 is 11.2. The average molecular weight is 363 g/mol. The van der Waals surface area contributed by atoms with Gasteiger partial charge in [-0.05, 0) is 36.8 Å². The van der Waals surface area contributed by atoms with E-state index in [0.717, 1.165) is 50.5 Å². The molecule has 0 unspecified atom stereocenters. The predicted molar refractivity (Wildman–Crippen MR) is 105 cm³/mol. The lowest BCUT2D eigenvalue weighted by Gasteiger charge is -2.16. The smallest absolute Gasteiger partial charge is 0.311 e. The molecule has 0 spiro atoms. The molecule has 0 radical (unpaired) electrons. The van der Waals surface area contributed by atoms with Crippen LogP contribution in [0.4, 0.5) is 0 Å². The van der Waals surface area contributed by atoms with Gasteiger partial charge in [0.1, 0.15) is 0 Å². The molecule has 0 heterocycles. The van der Waals surface area contributed by atoms with Gasteiger partial charge < -0.3 is 9.47 Å². The van der Waals surface area contributed by atoms with E-state index in [-0.39, 0.29) is 11.9 Å². The van der Waals surface area contributed by atoms with Gasteiger partial charge >= 0.3 is 11.9 Å². The van der Waals surface area contributed by atoms with Crippen molar-refractivity contribution in [3.63, 3.8) is 0 Å². The van der Waals surface area contributed by atoms with Gasteiger partial charge in [0.15, 0.2) is 11.5 Å². The van der Waals surface area contributed by atoms with Crippen molar-refractivity contribution in [2.24, 2.45) is 5.92 Å². The molecule has 1 aromatic rings. The zero-order valence-electron chi connectivity index (χ0n) is 16.8. The molecular weight excluding hydrogens is 328 g/mol. The molecule has 0 aliphatic carbocycles. The van der Waals surface area contributed by atoms with E-state index < -0.39 is 0 Å². The van der Waals surface area contributed by atoms with Gasteiger partial charge in [-0.2, -0.15) is 0 Å². The number of ether oxygens (including phenoxy) is 2. The minimum Gasteiger partial charge on any atom is -0.423 e. The molecule has 0 aromatic heterocycles. The van der Waals surface area contributed by atoms with Crippen LogP contribution in [0.15, 0.2) is 18.2 Å². The normalized spacial score (nSPS) is 10.8. The van der Waals surface area contributed by atoms with Crippen LogP contribution >= 0.6 is 0 Å². The second-order valence-electron chi connectivity index (χ2n) is 7.20. The Hall–Kier alpha value is -1.84. The molecule has 146 valence electrons. The summed E-state index contributed by atoms with van der Waals surface area (Å²) >= 11 is 0. The molecule has 0 bridgehead atoms. The zero-order valence-corrected chi connectivity index (χ0v) is 16.8. The Balaban J connectivity index is 2.90. The molecule has 0 amide bonds. The van der Waals surface area contributed by atoms with Crippen LogP contribution in [-0.2, 0) is 16.0 Å². The Morgan fingerprint density at radius 2 is 1.46 bits per heavy atom. The van der Waals surface area contributed by atoms with E-state index in [0.29, 0.717) is 30.3 Å². The number of hydrogen-bond acceptors (Lipinski definition) is 4. The molecule has 0 saturated heterocycles. The highest BCUT2D eigenvalue weighted by Crippen LogP contribution is 2.34. The lowest BCUT2D eigenvalue weighted by Crippen LogP contribution is -2.14. The van der Waals surface area contributed by atoms with Crippen LogP contribution in [0.25, 0.3) is 0 Å². The van der Waals surface area contributed by atoms with Crippen molar-refractivity contribution in [2.75, 3.05) is 0 Å². The fourth-order valence-electron chi connectivity index (χ4n) is 2.74. The first-order valence-corrected chi connectivity index (χ1v) is 10.0. The van der Waals surface area contributed by atoms with Gasteiger partial charge in [0.2, 0.25) is 0 Å². The van der Waals surface area contributed by atoms with Crippen molar-refractivity contribution >= 4 is 11.9 Å². The quantitative estimate of drug-likeness (QED) is 0.266. The Bertz CT molecular complexity index is 563. The number of carbonyl (C=O) groups is 2. The molecule has 26 heavy (non-hydrogen) atoms. The van der Waals surface area contributed by atoms with Crippen molar-refractivity contribution in [1.29, 1.82) is 0 Å². The van der Waals surface area contributed by atoms with Crippen LogP contribution in [0.3, 0.4) is 0 Å². The van der Waals surface area contributed by atoms with Gasteiger partial charge in [-0.15, -0.1) is 0 Å². The molecule has 0 N–H and O–H groups in total. The fraction of sp³-hybridized carbons (Fsp3) is 0.636. The summed E-state index contributed by atoms with van der Waals surface area (Å²) in [4.78, 5) is 24.3. The molecule has 1 aromatic carbocycles. The first-order valence-electron chi connectivity index (χ1n) is 10.0. The van der Waals surface area contributed by atoms with Crippen LogP contribution in [0.1, 0.15) is 84.6 Å². The molecule has 0 aliphatic rings. The summed E-state index contributed by atoms with van der Waals surface area (Å²) in [5.41, 5.74) is 0.905. The maximum Gasteiger partial charge on any atom is 0.311 e. The molecule has 4 heteroatoms. The van der Waals surface area contributed by atoms with E-state index >= 15 is 0 Å². The number of esters is 2. The molecule has 0 atom stereocenters. The second-order valence-corrected chi connectivity index (χ2v) is 7.20. The summed E-state index contributed by atoms with van der Waals surface area (Å²) in [6, 6.07) is 5.49. The summed E-state index contributed by atoms with van der Waals surface area (Å²) in [5, 5.41) is 0. The van der Waals surface area contributed by atoms with Gasteiger partial charge in [-0.3, -0.25) is 9.59 Å². The highest BCUT2D eigenvalue weighted by molar-refractivity contribution is 5.76. The third kappa shape index (κ3) is 8.50. The summed E-state index contributed by atoms with van der Waals surface area (Å²) in [6.45, 7) is 8.41. The standard InChI is InChI=1S/C22H34O4/c1-5-7-9-14-20(23)25-19-13-11-12-18(16-17(3)4)22(19)26-21(24)15-10-8-6-2/h11-13,17H,5-10,14-16H2,1-4H3. The number of para-hydroxylation sites is 1. The van der Waals surface area contributed by atoms with E-state index in [4.69, 9.17) is 9.47 Å². The van der Waals surface area contributed by atoms with Gasteiger partial charge in [0.25, 0.3) is 0 Å². The second kappa shape index (κ2) is 12.5. The third-order valence-electron chi connectivity index (χ3n) is 4.10. The molecule has 0 fully saturated rings. The van der Waals surface area contributed by atoms with Crippen LogP contribution < -0.4 is 9.47 Å². The maximum atomic E-state index is 12.2. The Morgan fingerprint density at radius 1 is 0.885 bits per heavy atom. The number of hydrogen-bond donors (Lipinski definition) is 0. The first-order chi connectivity index (χ1) is 12.5. The van der Waals surface area contributed by atoms with Crippen molar-refractivity contribution in [1.82, 2.24) is 0 Å². The number of unbranched alkanes of at least 4 members (excludes halogenated alkanes) is 4. The number of carbonyl (C=O) groups excluding carboxylic acids is 2. The number of benzene rings is 1. The summed E-state index contributed by atoms with van der Waals surface area (Å²) in [7, 11) is 0. The minimum absolute atomic E-state index is 0.266. The van der Waals surface area contributed by atoms with Crippen LogP contribution in [0.5, 0.6) is 11.5 Å². The highest BCUT2D eigenvalue weighted by atomic mass is 16.6. The van der Waals surface area contributed by atoms with Crippen molar-refractivity contribution in [3.05, 3.63) is 23.8 Å². The van der Waals surface area contributed by atoms with E-state index in [1.54, 1.807) is 6.07 Å². The maximum absolute atomic E-state index is 12.2. The lowest BCUT2D eigenvalue weighted by atomic mass is 10.0. The Labute approximate surface area is 158 Å². The largest absolute Gasteiger partial charge is 0.423 e. The number of rotatable bonds is 12. The zero-order chi connectivity index (χ0) is 19.4. The summed E-state index contributed by atoms with van der Waals surface area (Å²) in [5.74, 6) is 0.629. The van der Waals surface area contributed by atoms with E-state index in [2.05, 4.69) is 27.7 Å². The third-order valence-corrected chi connectivity index (χ3v) is 4.10. The van der Waals surface area contributed by atoms with Gasteiger partial charge in [0, 0.05) is 12.8 Å². The highest BCUT2D eigenvalue weighted by Gasteiger charge is 2.18. The van der Waals surface area contributed by atoms with Gasteiger partial charge in [-0.1, -0.05) is 65.5 Å². The molecule has 0 aliphatic heterocycles. The Kier molecular flexibility index (Phi) is 10.7. The SMILES string of the molecule is CCCCCC(=O)Oc1cccc(CC(C)C)c1OC(=O)CCCCC. The van der Waals surface area contributed by atoms with E-state index in [9.17, 15) is 9.59 Å². The first kappa shape index (κ1) is 22.2. The van der Waals surface area contributed by atoms with Crippen LogP contribution in [0, 0.1) is 5.92 Å². The van der Waals surface area contributed by atoms with Gasteiger partial charge in [-0.25, -0.2) is 0 Å². The molecular formula is C22H34O4. The van der Waals surface area contributed by atoms with Crippen molar-refractivity contribution in [3.8, 4) is 11.5 Å². The van der Waals surface area contributed by atoms with E-state index in [1.165, 1.54) is 0 Å². The van der Waals surface area contributed by atoms with Gasteiger partial charge in [0.05, 0.1) is 0 Å². The van der Waals surface area contributed by atoms with Crippen LogP contribution in [0.2, 0.25) is 0 Å². The fourth-order valence-corrected chi connectivity index (χ4v) is 2.74. The summed E-state index contributed by atoms with van der Waals surface area (Å²) in [6.07, 6.45) is 7.26.